The predicted molar refractivity (Wildman–Crippen MR) is 92.0 cm³/mol. The number of rotatable bonds is 4. The molecule has 1 aromatic rings. The Labute approximate surface area is 133 Å². The van der Waals surface area contributed by atoms with Gasteiger partial charge in [0.05, 0.1) is 0 Å². The lowest BCUT2D eigenvalue weighted by Crippen LogP contribution is -2.64. The van der Waals surface area contributed by atoms with Gasteiger partial charge in [0.15, 0.2) is 0 Å². The minimum Gasteiger partial charge on any atom is -0.311 e. The minimum atomic E-state index is 0.293. The highest BCUT2D eigenvalue weighted by Crippen LogP contribution is 2.30. The van der Waals surface area contributed by atoms with Crippen LogP contribution in [0.15, 0.2) is 16.8 Å². The molecular weight excluding hydrogens is 276 g/mol. The summed E-state index contributed by atoms with van der Waals surface area (Å²) in [5, 5.41) is 8.36. The van der Waals surface area contributed by atoms with E-state index in [-0.39, 0.29) is 0 Å². The van der Waals surface area contributed by atoms with E-state index in [2.05, 4.69) is 40.9 Å². The molecule has 1 saturated heterocycles. The summed E-state index contributed by atoms with van der Waals surface area (Å²) in [6, 6.07) is 3.00. The van der Waals surface area contributed by atoms with Crippen LogP contribution in [-0.2, 0) is 6.42 Å². The molecule has 2 fully saturated rings. The second-order valence-electron chi connectivity index (χ2n) is 7.53. The van der Waals surface area contributed by atoms with Crippen LogP contribution >= 0.6 is 11.3 Å². The first-order chi connectivity index (χ1) is 10.1. The molecule has 1 saturated carbocycles. The maximum absolute atomic E-state index is 3.86. The lowest BCUT2D eigenvalue weighted by Gasteiger charge is -2.48. The zero-order valence-electron chi connectivity index (χ0n) is 13.6. The minimum absolute atomic E-state index is 0.293. The molecule has 0 bridgehead atoms. The quantitative estimate of drug-likeness (QED) is 0.907. The van der Waals surface area contributed by atoms with Crippen LogP contribution in [0.4, 0.5) is 0 Å². The Bertz CT molecular complexity index is 420. The highest BCUT2D eigenvalue weighted by molar-refractivity contribution is 7.07. The van der Waals surface area contributed by atoms with E-state index >= 15 is 0 Å². The van der Waals surface area contributed by atoms with Crippen molar-refractivity contribution in [2.75, 3.05) is 19.6 Å². The zero-order valence-corrected chi connectivity index (χ0v) is 14.4. The predicted octanol–water partition coefficient (Wildman–Crippen LogP) is 3.92. The molecule has 21 heavy (non-hydrogen) atoms. The SMILES string of the molecule is CC1(C)CNC(C2CCCCC2)CN1CCc1ccsc1. The summed E-state index contributed by atoms with van der Waals surface area (Å²) < 4.78 is 0. The number of hydrogen-bond acceptors (Lipinski definition) is 3. The Kier molecular flexibility index (Phi) is 5.03. The molecule has 0 spiro atoms. The Hall–Kier alpha value is -0.380. The summed E-state index contributed by atoms with van der Waals surface area (Å²) in [6.45, 7) is 8.36. The molecule has 0 aromatic carbocycles. The fourth-order valence-corrected chi connectivity index (χ4v) is 4.69. The third-order valence-corrected chi connectivity index (χ3v) is 6.27. The van der Waals surface area contributed by atoms with Crippen molar-refractivity contribution in [3.63, 3.8) is 0 Å². The molecule has 118 valence electrons. The van der Waals surface area contributed by atoms with Crippen LogP contribution in [0.1, 0.15) is 51.5 Å². The summed E-state index contributed by atoms with van der Waals surface area (Å²) in [7, 11) is 0. The summed E-state index contributed by atoms with van der Waals surface area (Å²) in [5.41, 5.74) is 1.80. The lowest BCUT2D eigenvalue weighted by atomic mass is 9.81. The maximum atomic E-state index is 3.86. The second-order valence-corrected chi connectivity index (χ2v) is 8.31. The molecule has 1 aliphatic carbocycles. The van der Waals surface area contributed by atoms with Gasteiger partial charge in [-0.25, -0.2) is 0 Å². The first kappa shape index (κ1) is 15.5. The summed E-state index contributed by atoms with van der Waals surface area (Å²) in [5.74, 6) is 0.915. The number of hydrogen-bond donors (Lipinski definition) is 1. The molecule has 1 aromatic heterocycles. The largest absolute Gasteiger partial charge is 0.311 e. The molecule has 3 rings (SSSR count). The van der Waals surface area contributed by atoms with Gasteiger partial charge in [0.1, 0.15) is 0 Å². The lowest BCUT2D eigenvalue weighted by molar-refractivity contribution is 0.0451. The van der Waals surface area contributed by atoms with E-state index in [4.69, 9.17) is 0 Å². The van der Waals surface area contributed by atoms with Crippen LogP contribution in [0.2, 0.25) is 0 Å². The van der Waals surface area contributed by atoms with Gasteiger partial charge in [-0.1, -0.05) is 19.3 Å². The number of thiophene rings is 1. The smallest absolute Gasteiger partial charge is 0.0278 e. The summed E-state index contributed by atoms with van der Waals surface area (Å²) >= 11 is 1.82. The van der Waals surface area contributed by atoms with Crippen molar-refractivity contribution < 1.29 is 0 Å². The molecule has 0 amide bonds. The van der Waals surface area contributed by atoms with Crippen LogP contribution in [0.25, 0.3) is 0 Å². The second kappa shape index (κ2) is 6.80. The molecule has 1 N–H and O–H groups in total. The van der Waals surface area contributed by atoms with Crippen molar-refractivity contribution in [2.24, 2.45) is 5.92 Å². The Morgan fingerprint density at radius 1 is 1.29 bits per heavy atom. The van der Waals surface area contributed by atoms with Gasteiger partial charge >= 0.3 is 0 Å². The molecule has 1 atom stereocenters. The Morgan fingerprint density at radius 2 is 2.10 bits per heavy atom. The van der Waals surface area contributed by atoms with E-state index < -0.39 is 0 Å². The van der Waals surface area contributed by atoms with Gasteiger partial charge in [0.2, 0.25) is 0 Å². The number of nitrogens with one attached hydrogen (secondary N) is 1. The van der Waals surface area contributed by atoms with Crippen molar-refractivity contribution in [1.82, 2.24) is 10.2 Å². The van der Waals surface area contributed by atoms with E-state index in [1.807, 2.05) is 11.3 Å². The van der Waals surface area contributed by atoms with Crippen molar-refractivity contribution in [1.29, 1.82) is 0 Å². The molecule has 2 aliphatic rings. The van der Waals surface area contributed by atoms with Crippen LogP contribution in [0.3, 0.4) is 0 Å². The van der Waals surface area contributed by atoms with Crippen molar-refractivity contribution in [3.8, 4) is 0 Å². The molecular formula is C18H30N2S. The summed E-state index contributed by atoms with van der Waals surface area (Å²) in [4.78, 5) is 2.74. The number of nitrogens with zero attached hydrogens (tertiary/aromatic N) is 1. The normalized spacial score (nSPS) is 27.8. The van der Waals surface area contributed by atoms with Crippen molar-refractivity contribution in [3.05, 3.63) is 22.4 Å². The van der Waals surface area contributed by atoms with Gasteiger partial charge in [-0.3, -0.25) is 4.90 Å². The maximum Gasteiger partial charge on any atom is 0.0278 e. The molecule has 1 unspecified atom stereocenters. The van der Waals surface area contributed by atoms with Crippen LogP contribution in [0, 0.1) is 5.92 Å². The van der Waals surface area contributed by atoms with Crippen molar-refractivity contribution >= 4 is 11.3 Å². The average molecular weight is 307 g/mol. The van der Waals surface area contributed by atoms with Crippen LogP contribution in [-0.4, -0.2) is 36.1 Å². The molecule has 2 heterocycles. The van der Waals surface area contributed by atoms with Gasteiger partial charge in [-0.15, -0.1) is 0 Å². The van der Waals surface area contributed by atoms with E-state index in [1.165, 1.54) is 57.2 Å². The van der Waals surface area contributed by atoms with E-state index in [0.29, 0.717) is 5.54 Å². The molecule has 1 aliphatic heterocycles. The van der Waals surface area contributed by atoms with E-state index in [1.54, 1.807) is 0 Å². The topological polar surface area (TPSA) is 15.3 Å². The standard InChI is InChI=1S/C18H30N2S/c1-18(2)14-19-17(16-6-4-3-5-7-16)12-20(18)10-8-15-9-11-21-13-15/h9,11,13,16-17,19H,3-8,10,12,14H2,1-2H3. The highest BCUT2D eigenvalue weighted by Gasteiger charge is 2.36. The van der Waals surface area contributed by atoms with Crippen LogP contribution in [0.5, 0.6) is 0 Å². The first-order valence-electron chi connectivity index (χ1n) is 8.65. The van der Waals surface area contributed by atoms with Gasteiger partial charge in [-0.05, 0) is 61.4 Å². The van der Waals surface area contributed by atoms with E-state index in [9.17, 15) is 0 Å². The fourth-order valence-electron chi connectivity index (χ4n) is 3.99. The van der Waals surface area contributed by atoms with Gasteiger partial charge in [0.25, 0.3) is 0 Å². The van der Waals surface area contributed by atoms with Gasteiger partial charge in [-0.2, -0.15) is 11.3 Å². The molecule has 3 heteroatoms. The molecule has 2 nitrogen and oxygen atoms in total. The Morgan fingerprint density at radius 3 is 2.81 bits per heavy atom. The van der Waals surface area contributed by atoms with Gasteiger partial charge in [0, 0.05) is 31.2 Å². The van der Waals surface area contributed by atoms with Crippen molar-refractivity contribution in [2.45, 2.75) is 64.0 Å². The molecule has 0 radical (unpaired) electrons. The number of piperazine rings is 1. The van der Waals surface area contributed by atoms with Crippen LogP contribution < -0.4 is 5.32 Å². The van der Waals surface area contributed by atoms with Gasteiger partial charge < -0.3 is 5.32 Å². The third kappa shape index (κ3) is 3.88. The van der Waals surface area contributed by atoms with E-state index in [0.717, 1.165) is 18.5 Å². The zero-order chi connectivity index (χ0) is 14.7. The summed E-state index contributed by atoms with van der Waals surface area (Å²) in [6.07, 6.45) is 8.43. The Balaban J connectivity index is 1.58. The monoisotopic (exact) mass is 306 g/mol. The average Bonchev–Trinajstić information content (AvgIpc) is 3.00. The fraction of sp³-hybridized carbons (Fsp3) is 0.778. The third-order valence-electron chi connectivity index (χ3n) is 5.54. The highest BCUT2D eigenvalue weighted by atomic mass is 32.1. The first-order valence-corrected chi connectivity index (χ1v) is 9.59.